The Kier molecular flexibility index (Phi) is 3.88. The lowest BCUT2D eigenvalue weighted by Crippen LogP contribution is -2.30. The molecule has 0 aliphatic carbocycles. The fourth-order valence-corrected chi connectivity index (χ4v) is 2.28. The number of nitro benzene ring substituents is 1. The summed E-state index contributed by atoms with van der Waals surface area (Å²) in [6.45, 7) is 3.51. The molecule has 110 valence electrons. The van der Waals surface area contributed by atoms with E-state index in [1.54, 1.807) is 27.0 Å². The molecular weight excluding hydrogens is 275 g/mol. The lowest BCUT2D eigenvalue weighted by atomic mass is 10.0. The zero-order valence-electron chi connectivity index (χ0n) is 12.0. The van der Waals surface area contributed by atoms with Crippen molar-refractivity contribution in [1.82, 2.24) is 0 Å². The van der Waals surface area contributed by atoms with Crippen molar-refractivity contribution in [2.45, 2.75) is 13.8 Å². The number of nitrogens with zero attached hydrogens (tertiary/aromatic N) is 2. The molecule has 1 amide bonds. The molecule has 0 aromatic heterocycles. The van der Waals surface area contributed by atoms with E-state index in [4.69, 9.17) is 0 Å². The van der Waals surface area contributed by atoms with E-state index in [0.717, 1.165) is 0 Å². The van der Waals surface area contributed by atoms with Crippen molar-refractivity contribution in [1.29, 1.82) is 0 Å². The van der Waals surface area contributed by atoms with Gasteiger partial charge in [0, 0.05) is 24.4 Å². The smallest absolute Gasteiger partial charge is 0.280 e. The normalized spacial score (nSPS) is 10.9. The molecule has 5 nitrogen and oxygen atoms in total. The quantitative estimate of drug-likeness (QED) is 0.642. The molecule has 2 aromatic rings. The number of carbonyl (C=O) groups is 1. The largest absolute Gasteiger partial charge is 0.315 e. The molecule has 0 heterocycles. The summed E-state index contributed by atoms with van der Waals surface area (Å²) < 4.78 is 14.0. The Labute approximate surface area is 121 Å². The van der Waals surface area contributed by atoms with Crippen molar-refractivity contribution in [3.63, 3.8) is 0 Å². The molecule has 0 saturated heterocycles. The zero-order valence-corrected chi connectivity index (χ0v) is 12.0. The maximum atomic E-state index is 14.0. The van der Waals surface area contributed by atoms with Crippen LogP contribution in [0, 0.1) is 21.8 Å². The molecule has 0 bridgehead atoms. The molecule has 21 heavy (non-hydrogen) atoms. The lowest BCUT2D eigenvalue weighted by molar-refractivity contribution is -0.383. The first-order valence-corrected chi connectivity index (χ1v) is 6.47. The fourth-order valence-electron chi connectivity index (χ4n) is 2.28. The van der Waals surface area contributed by atoms with E-state index in [1.165, 1.54) is 29.2 Å². The van der Waals surface area contributed by atoms with Crippen LogP contribution in [0.15, 0.2) is 30.3 Å². The van der Waals surface area contributed by atoms with Gasteiger partial charge < -0.3 is 4.90 Å². The summed E-state index contributed by atoms with van der Waals surface area (Å²) in [7, 11) is 1.58. The predicted molar refractivity (Wildman–Crippen MR) is 78.8 cm³/mol. The Morgan fingerprint density at radius 1 is 1.29 bits per heavy atom. The summed E-state index contributed by atoms with van der Waals surface area (Å²) in [5.74, 6) is -1.05. The van der Waals surface area contributed by atoms with Gasteiger partial charge in [-0.2, -0.15) is 0 Å². The van der Waals surface area contributed by atoms with E-state index < -0.39 is 10.7 Å². The third-order valence-corrected chi connectivity index (χ3v) is 3.33. The van der Waals surface area contributed by atoms with Crippen molar-refractivity contribution in [2.75, 3.05) is 11.9 Å². The van der Waals surface area contributed by atoms with Gasteiger partial charge in [-0.05, 0) is 12.1 Å². The van der Waals surface area contributed by atoms with E-state index in [9.17, 15) is 19.3 Å². The van der Waals surface area contributed by atoms with Gasteiger partial charge >= 0.3 is 0 Å². The highest BCUT2D eigenvalue weighted by atomic mass is 19.1. The molecule has 0 saturated carbocycles. The van der Waals surface area contributed by atoms with Crippen molar-refractivity contribution in [3.8, 4) is 0 Å². The van der Waals surface area contributed by atoms with Gasteiger partial charge in [0.05, 0.1) is 16.0 Å². The molecule has 0 radical (unpaired) electrons. The van der Waals surface area contributed by atoms with E-state index in [-0.39, 0.29) is 22.9 Å². The number of fused-ring (bicyclic) bond motifs is 1. The highest BCUT2D eigenvalue weighted by Gasteiger charge is 2.22. The summed E-state index contributed by atoms with van der Waals surface area (Å²) in [6, 6.07) is 6.91. The minimum Gasteiger partial charge on any atom is -0.315 e. The molecular formula is C15H15FN2O3. The van der Waals surface area contributed by atoms with Gasteiger partial charge in [0.15, 0.2) is 0 Å². The number of non-ortho nitro benzene ring substituents is 1. The molecule has 0 spiro atoms. The van der Waals surface area contributed by atoms with Gasteiger partial charge in [-0.3, -0.25) is 14.9 Å². The van der Waals surface area contributed by atoms with Crippen LogP contribution in [0.3, 0.4) is 0 Å². The first-order chi connectivity index (χ1) is 9.84. The second kappa shape index (κ2) is 5.47. The zero-order chi connectivity index (χ0) is 15.7. The number of halogens is 1. The van der Waals surface area contributed by atoms with E-state index >= 15 is 0 Å². The third kappa shape index (κ3) is 2.56. The summed E-state index contributed by atoms with van der Waals surface area (Å²) in [5.41, 5.74) is 0.144. The maximum absolute atomic E-state index is 14.0. The third-order valence-electron chi connectivity index (χ3n) is 3.33. The molecule has 0 atom stereocenters. The van der Waals surface area contributed by atoms with Crippen LogP contribution in [0.25, 0.3) is 10.8 Å². The standard InChI is InChI=1S/C15H15FN2O3/c1-9(2)15(19)17(3)12-7-8-13(18(20)21)14-10(12)5-4-6-11(14)16/h4-9H,1-3H3. The van der Waals surface area contributed by atoms with Crippen molar-refractivity contribution < 1.29 is 14.1 Å². The maximum Gasteiger partial charge on any atom is 0.280 e. The van der Waals surface area contributed by atoms with Crippen LogP contribution in [0.5, 0.6) is 0 Å². The van der Waals surface area contributed by atoms with Gasteiger partial charge in [0.2, 0.25) is 5.91 Å². The topological polar surface area (TPSA) is 63.5 Å². The molecule has 0 fully saturated rings. The molecule has 0 aliphatic heterocycles. The summed E-state index contributed by atoms with van der Waals surface area (Å²) in [4.78, 5) is 23.9. The highest BCUT2D eigenvalue weighted by molar-refractivity contribution is 6.06. The van der Waals surface area contributed by atoms with Gasteiger partial charge in [-0.1, -0.05) is 26.0 Å². The lowest BCUT2D eigenvalue weighted by Gasteiger charge is -2.21. The summed E-state index contributed by atoms with van der Waals surface area (Å²) >= 11 is 0. The Bertz CT molecular complexity index is 728. The number of carbonyl (C=O) groups excluding carboxylic acids is 1. The van der Waals surface area contributed by atoms with Crippen LogP contribution in [0.4, 0.5) is 15.8 Å². The fraction of sp³-hybridized carbons (Fsp3) is 0.267. The molecule has 6 heteroatoms. The second-order valence-electron chi connectivity index (χ2n) is 5.08. The van der Waals surface area contributed by atoms with Gasteiger partial charge in [0.1, 0.15) is 5.82 Å². The van der Waals surface area contributed by atoms with E-state index in [1.807, 2.05) is 0 Å². The second-order valence-corrected chi connectivity index (χ2v) is 5.08. The van der Waals surface area contributed by atoms with E-state index in [0.29, 0.717) is 11.1 Å². The van der Waals surface area contributed by atoms with Crippen LogP contribution < -0.4 is 4.90 Å². The molecule has 2 aromatic carbocycles. The summed E-state index contributed by atoms with van der Waals surface area (Å²) in [5, 5.41) is 11.3. The van der Waals surface area contributed by atoms with Gasteiger partial charge in [-0.25, -0.2) is 4.39 Å². The first-order valence-electron chi connectivity index (χ1n) is 6.47. The number of amides is 1. The number of benzene rings is 2. The molecule has 0 unspecified atom stereocenters. The number of hydrogen-bond acceptors (Lipinski definition) is 3. The van der Waals surface area contributed by atoms with Gasteiger partial charge in [-0.15, -0.1) is 0 Å². The average Bonchev–Trinajstić information content (AvgIpc) is 2.44. The minimum atomic E-state index is -0.675. The van der Waals surface area contributed by atoms with Crippen LogP contribution in [-0.4, -0.2) is 17.9 Å². The first kappa shape index (κ1) is 14.9. The highest BCUT2D eigenvalue weighted by Crippen LogP contribution is 2.35. The molecule has 0 aliphatic rings. The Morgan fingerprint density at radius 3 is 2.52 bits per heavy atom. The Morgan fingerprint density at radius 2 is 1.95 bits per heavy atom. The average molecular weight is 290 g/mol. The van der Waals surface area contributed by atoms with Crippen LogP contribution >= 0.6 is 0 Å². The predicted octanol–water partition coefficient (Wildman–Crippen LogP) is 3.51. The van der Waals surface area contributed by atoms with E-state index in [2.05, 4.69) is 0 Å². The monoisotopic (exact) mass is 290 g/mol. The number of hydrogen-bond donors (Lipinski definition) is 0. The Balaban J connectivity index is 2.74. The minimum absolute atomic E-state index is 0.0802. The SMILES string of the molecule is CC(C)C(=O)N(C)c1ccc([N+](=O)[O-])c2c(F)cccc12. The van der Waals surface area contributed by atoms with Crippen molar-refractivity contribution in [3.05, 3.63) is 46.3 Å². The number of nitro groups is 1. The van der Waals surface area contributed by atoms with Crippen LogP contribution in [-0.2, 0) is 4.79 Å². The number of anilines is 1. The van der Waals surface area contributed by atoms with Crippen LogP contribution in [0.1, 0.15) is 13.8 Å². The van der Waals surface area contributed by atoms with Crippen molar-refractivity contribution >= 4 is 28.1 Å². The number of rotatable bonds is 3. The molecule has 0 N–H and O–H groups in total. The van der Waals surface area contributed by atoms with Crippen LogP contribution in [0.2, 0.25) is 0 Å². The molecule has 2 rings (SSSR count). The van der Waals surface area contributed by atoms with Crippen molar-refractivity contribution in [2.24, 2.45) is 5.92 Å². The summed E-state index contributed by atoms with van der Waals surface area (Å²) in [6.07, 6.45) is 0. The van der Waals surface area contributed by atoms with Gasteiger partial charge in [0.25, 0.3) is 5.69 Å². The Hall–Kier alpha value is -2.50.